The largest absolute Gasteiger partial charge is 0.365 e. The van der Waals surface area contributed by atoms with Crippen molar-refractivity contribution in [3.8, 4) is 6.07 Å². The number of hydrogen-bond donors (Lipinski definition) is 0. The summed E-state index contributed by atoms with van der Waals surface area (Å²) in [6.45, 7) is 10.0. The van der Waals surface area contributed by atoms with Crippen molar-refractivity contribution < 1.29 is 4.92 Å². The van der Waals surface area contributed by atoms with Gasteiger partial charge in [-0.1, -0.05) is 46.6 Å². The van der Waals surface area contributed by atoms with Crippen molar-refractivity contribution in [1.29, 1.82) is 5.26 Å². The van der Waals surface area contributed by atoms with Crippen molar-refractivity contribution in [3.05, 3.63) is 33.9 Å². The molecular formula is C20H29N3O2. The molecule has 0 radical (unpaired) electrons. The number of nitro groups is 1. The molecule has 5 nitrogen and oxygen atoms in total. The molecule has 1 aliphatic rings. The number of anilines is 1. The van der Waals surface area contributed by atoms with Crippen LogP contribution in [-0.2, 0) is 5.41 Å². The Morgan fingerprint density at radius 3 is 2.20 bits per heavy atom. The summed E-state index contributed by atoms with van der Waals surface area (Å²) in [6.07, 6.45) is 3.61. The Bertz CT molecular complexity index is 645. The maximum atomic E-state index is 11.8. The van der Waals surface area contributed by atoms with E-state index in [0.717, 1.165) is 44.3 Å². The highest BCUT2D eigenvalue weighted by atomic mass is 16.6. The van der Waals surface area contributed by atoms with Gasteiger partial charge in [0.2, 0.25) is 0 Å². The molecular weight excluding hydrogens is 314 g/mol. The summed E-state index contributed by atoms with van der Waals surface area (Å²) in [5.41, 5.74) is 1.05. The number of benzene rings is 1. The average Bonchev–Trinajstić information content (AvgIpc) is 3.03. The van der Waals surface area contributed by atoms with E-state index in [1.165, 1.54) is 0 Å². The van der Waals surface area contributed by atoms with Crippen LogP contribution in [0.1, 0.15) is 58.9 Å². The molecule has 5 heteroatoms. The van der Waals surface area contributed by atoms with E-state index in [2.05, 4.69) is 38.7 Å². The van der Waals surface area contributed by atoms with Gasteiger partial charge < -0.3 is 4.90 Å². The Morgan fingerprint density at radius 2 is 1.76 bits per heavy atom. The summed E-state index contributed by atoms with van der Waals surface area (Å²) in [5, 5.41) is 21.4. The highest BCUT2D eigenvalue weighted by Gasteiger charge is 2.37. The maximum absolute atomic E-state index is 11.8. The predicted molar refractivity (Wildman–Crippen MR) is 101 cm³/mol. The van der Waals surface area contributed by atoms with Crippen LogP contribution in [0.2, 0.25) is 0 Å². The molecule has 0 spiro atoms. The summed E-state index contributed by atoms with van der Waals surface area (Å²) >= 11 is 0. The number of nitriles is 1. The van der Waals surface area contributed by atoms with Crippen LogP contribution in [0.4, 0.5) is 11.4 Å². The number of nitrogens with zero attached hydrogens (tertiary/aromatic N) is 3. The van der Waals surface area contributed by atoms with E-state index in [0.29, 0.717) is 17.5 Å². The second-order valence-electron chi connectivity index (χ2n) is 8.05. The summed E-state index contributed by atoms with van der Waals surface area (Å²) < 4.78 is 0. The van der Waals surface area contributed by atoms with Crippen molar-refractivity contribution in [2.24, 2.45) is 11.8 Å². The standard InChI is InChI=1S/C20H29N3O2/c1-15(2)12-22(13-16(3)4)18-8-7-17(11-19(18)23(24)25)20(14-21)9-5-6-10-20/h7-8,11,15-16H,5-6,9-10,12-13H2,1-4H3. The first-order valence-electron chi connectivity index (χ1n) is 9.24. The molecule has 0 atom stereocenters. The summed E-state index contributed by atoms with van der Waals surface area (Å²) in [4.78, 5) is 13.6. The van der Waals surface area contributed by atoms with Gasteiger partial charge in [-0.15, -0.1) is 0 Å². The molecule has 0 unspecified atom stereocenters. The first-order valence-corrected chi connectivity index (χ1v) is 9.24. The van der Waals surface area contributed by atoms with Crippen LogP contribution in [0.25, 0.3) is 0 Å². The molecule has 0 saturated heterocycles. The van der Waals surface area contributed by atoms with Crippen LogP contribution >= 0.6 is 0 Å². The molecule has 2 rings (SSSR count). The molecule has 1 aromatic rings. The quantitative estimate of drug-likeness (QED) is 0.513. The minimum absolute atomic E-state index is 0.125. The molecule has 1 fully saturated rings. The van der Waals surface area contributed by atoms with Crippen LogP contribution in [0.5, 0.6) is 0 Å². The average molecular weight is 343 g/mol. The fourth-order valence-electron chi connectivity index (χ4n) is 3.83. The summed E-state index contributed by atoms with van der Waals surface area (Å²) in [5.74, 6) is 0.830. The lowest BCUT2D eigenvalue weighted by Gasteiger charge is -2.29. The van der Waals surface area contributed by atoms with Crippen molar-refractivity contribution in [2.75, 3.05) is 18.0 Å². The second-order valence-corrected chi connectivity index (χ2v) is 8.05. The fraction of sp³-hybridized carbons (Fsp3) is 0.650. The lowest BCUT2D eigenvalue weighted by atomic mass is 9.80. The number of nitro benzene ring substituents is 1. The molecule has 1 aromatic carbocycles. The highest BCUT2D eigenvalue weighted by Crippen LogP contribution is 2.43. The van der Waals surface area contributed by atoms with E-state index in [4.69, 9.17) is 0 Å². The number of hydrogen-bond acceptors (Lipinski definition) is 4. The monoisotopic (exact) mass is 343 g/mol. The van der Waals surface area contributed by atoms with E-state index in [-0.39, 0.29) is 10.6 Å². The van der Waals surface area contributed by atoms with Crippen LogP contribution in [0.15, 0.2) is 18.2 Å². The minimum atomic E-state index is -0.551. The summed E-state index contributed by atoms with van der Waals surface area (Å²) in [7, 11) is 0. The zero-order chi connectivity index (χ0) is 18.6. The fourth-order valence-corrected chi connectivity index (χ4v) is 3.83. The molecule has 136 valence electrons. The van der Waals surface area contributed by atoms with Gasteiger partial charge in [-0.2, -0.15) is 5.26 Å². The van der Waals surface area contributed by atoms with Gasteiger partial charge in [0.25, 0.3) is 5.69 Å². The van der Waals surface area contributed by atoms with Crippen LogP contribution in [-0.4, -0.2) is 18.0 Å². The zero-order valence-electron chi connectivity index (χ0n) is 15.8. The zero-order valence-corrected chi connectivity index (χ0v) is 15.8. The molecule has 0 bridgehead atoms. The molecule has 0 aromatic heterocycles. The van der Waals surface area contributed by atoms with Gasteiger partial charge in [0.05, 0.1) is 16.4 Å². The van der Waals surface area contributed by atoms with E-state index in [1.807, 2.05) is 12.1 Å². The molecule has 1 aliphatic carbocycles. The lowest BCUT2D eigenvalue weighted by molar-refractivity contribution is -0.384. The van der Waals surface area contributed by atoms with Crippen LogP contribution in [0, 0.1) is 33.3 Å². The Morgan fingerprint density at radius 1 is 1.20 bits per heavy atom. The van der Waals surface area contributed by atoms with Crippen LogP contribution < -0.4 is 4.90 Å². The molecule has 25 heavy (non-hydrogen) atoms. The van der Waals surface area contributed by atoms with Gasteiger partial charge in [0, 0.05) is 19.2 Å². The molecule has 0 aliphatic heterocycles. The molecule has 0 amide bonds. The van der Waals surface area contributed by atoms with E-state index < -0.39 is 5.41 Å². The Hall–Kier alpha value is -2.09. The summed E-state index contributed by atoms with van der Waals surface area (Å²) in [6, 6.07) is 7.88. The van der Waals surface area contributed by atoms with Crippen LogP contribution in [0.3, 0.4) is 0 Å². The molecule has 1 saturated carbocycles. The van der Waals surface area contributed by atoms with Gasteiger partial charge in [0.1, 0.15) is 5.69 Å². The lowest BCUT2D eigenvalue weighted by Crippen LogP contribution is -2.32. The van der Waals surface area contributed by atoms with Gasteiger partial charge in [-0.3, -0.25) is 10.1 Å². The molecule has 0 heterocycles. The SMILES string of the molecule is CC(C)CN(CC(C)C)c1ccc(C2(C#N)CCCC2)cc1[N+](=O)[O-]. The first-order chi connectivity index (χ1) is 11.8. The van der Waals surface area contributed by atoms with Gasteiger partial charge in [0.15, 0.2) is 0 Å². The molecule has 0 N–H and O–H groups in total. The Labute approximate surface area is 150 Å². The highest BCUT2D eigenvalue weighted by molar-refractivity contribution is 5.65. The smallest absolute Gasteiger partial charge is 0.292 e. The predicted octanol–water partition coefficient (Wildman–Crippen LogP) is 5.05. The van der Waals surface area contributed by atoms with Gasteiger partial charge >= 0.3 is 0 Å². The van der Waals surface area contributed by atoms with Gasteiger partial charge in [-0.25, -0.2) is 0 Å². The van der Waals surface area contributed by atoms with Crippen molar-refractivity contribution in [3.63, 3.8) is 0 Å². The minimum Gasteiger partial charge on any atom is -0.365 e. The number of rotatable bonds is 7. The first kappa shape index (κ1) is 19.2. The van der Waals surface area contributed by atoms with E-state index in [9.17, 15) is 15.4 Å². The normalized spacial score (nSPS) is 16.2. The Balaban J connectivity index is 2.48. The van der Waals surface area contributed by atoms with E-state index in [1.54, 1.807) is 6.07 Å². The maximum Gasteiger partial charge on any atom is 0.292 e. The Kier molecular flexibility index (Phi) is 6.05. The third-order valence-corrected chi connectivity index (χ3v) is 4.91. The third kappa shape index (κ3) is 4.31. The van der Waals surface area contributed by atoms with Crippen molar-refractivity contribution in [2.45, 2.75) is 58.8 Å². The second kappa shape index (κ2) is 7.86. The van der Waals surface area contributed by atoms with E-state index >= 15 is 0 Å². The van der Waals surface area contributed by atoms with Crippen molar-refractivity contribution >= 4 is 11.4 Å². The third-order valence-electron chi connectivity index (χ3n) is 4.91. The topological polar surface area (TPSA) is 70.2 Å². The van der Waals surface area contributed by atoms with Gasteiger partial charge in [-0.05, 0) is 36.3 Å². The van der Waals surface area contributed by atoms with Crippen molar-refractivity contribution in [1.82, 2.24) is 0 Å².